The maximum atomic E-state index is 5.88. The van der Waals surface area contributed by atoms with E-state index in [-0.39, 0.29) is 0 Å². The van der Waals surface area contributed by atoms with Crippen molar-refractivity contribution < 1.29 is 0 Å². The van der Waals surface area contributed by atoms with Crippen LogP contribution in [0.2, 0.25) is 10.0 Å². The van der Waals surface area contributed by atoms with Crippen LogP contribution in [-0.2, 0) is 0 Å². The minimum absolute atomic E-state index is 0.524. The first-order valence-corrected chi connectivity index (χ1v) is 5.98. The molecule has 0 spiro atoms. The van der Waals surface area contributed by atoms with Crippen LogP contribution >= 0.6 is 50.5 Å². The number of hydrogen-bond acceptors (Lipinski definition) is 3. The molecule has 2 aromatic rings. The Balaban J connectivity index is 2.47. The number of halogens is 3. The molecule has 14 heavy (non-hydrogen) atoms. The molecule has 0 radical (unpaired) electrons. The molecule has 72 valence electrons. The Morgan fingerprint density at radius 3 is 2.50 bits per heavy atom. The second-order valence-electron chi connectivity index (χ2n) is 2.49. The molecule has 0 aliphatic rings. The number of benzene rings is 1. The summed E-state index contributed by atoms with van der Waals surface area (Å²) in [5, 5.41) is 9.71. The van der Waals surface area contributed by atoms with Gasteiger partial charge in [0.2, 0.25) is 0 Å². The normalized spacial score (nSPS) is 10.5. The van der Waals surface area contributed by atoms with Gasteiger partial charge in [0.05, 0.1) is 10.0 Å². The lowest BCUT2D eigenvalue weighted by atomic mass is 10.2. The molecule has 0 atom stereocenters. The summed E-state index contributed by atoms with van der Waals surface area (Å²) in [6.07, 6.45) is 0. The van der Waals surface area contributed by atoms with Gasteiger partial charge in [-0.1, -0.05) is 40.6 Å². The SMILES string of the molecule is Clc1ccc(-c2nnc(Br)s2)cc1Cl. The van der Waals surface area contributed by atoms with Gasteiger partial charge in [0, 0.05) is 5.56 Å². The molecule has 0 fully saturated rings. The zero-order valence-electron chi connectivity index (χ0n) is 6.67. The van der Waals surface area contributed by atoms with Gasteiger partial charge >= 0.3 is 0 Å². The van der Waals surface area contributed by atoms with Gasteiger partial charge in [-0.15, -0.1) is 10.2 Å². The van der Waals surface area contributed by atoms with E-state index in [1.54, 1.807) is 12.1 Å². The molecule has 0 unspecified atom stereocenters. The summed E-state index contributed by atoms with van der Waals surface area (Å²) in [6, 6.07) is 5.38. The van der Waals surface area contributed by atoms with Crippen LogP contribution < -0.4 is 0 Å². The van der Waals surface area contributed by atoms with Crippen molar-refractivity contribution in [1.82, 2.24) is 10.2 Å². The predicted octanol–water partition coefficient (Wildman–Crippen LogP) is 4.27. The van der Waals surface area contributed by atoms with Crippen LogP contribution in [0.3, 0.4) is 0 Å². The van der Waals surface area contributed by atoms with Crippen LogP contribution in [0.4, 0.5) is 0 Å². The fourth-order valence-corrected chi connectivity index (χ4v) is 2.36. The lowest BCUT2D eigenvalue weighted by Crippen LogP contribution is -1.77. The van der Waals surface area contributed by atoms with Crippen LogP contribution in [0.15, 0.2) is 22.1 Å². The standard InChI is InChI=1S/C8H3BrCl2N2S/c9-8-13-12-7(14-8)4-1-2-5(10)6(11)3-4/h1-3H. The molecule has 0 aliphatic heterocycles. The second-order valence-corrected chi connectivity index (χ2v) is 5.56. The van der Waals surface area contributed by atoms with Crippen molar-refractivity contribution >= 4 is 50.5 Å². The Labute approximate surface area is 103 Å². The van der Waals surface area contributed by atoms with Crippen LogP contribution in [0.1, 0.15) is 0 Å². The van der Waals surface area contributed by atoms with Gasteiger partial charge in [-0.25, -0.2) is 0 Å². The Morgan fingerprint density at radius 2 is 1.93 bits per heavy atom. The summed E-state index contributed by atoms with van der Waals surface area (Å²) in [6.45, 7) is 0. The topological polar surface area (TPSA) is 25.8 Å². The Hall–Kier alpha value is -0.160. The minimum atomic E-state index is 0.524. The van der Waals surface area contributed by atoms with Crippen molar-refractivity contribution in [1.29, 1.82) is 0 Å². The second kappa shape index (κ2) is 4.14. The van der Waals surface area contributed by atoms with Crippen molar-refractivity contribution in [3.63, 3.8) is 0 Å². The number of hydrogen-bond donors (Lipinski definition) is 0. The van der Waals surface area contributed by atoms with E-state index in [4.69, 9.17) is 23.2 Å². The van der Waals surface area contributed by atoms with Crippen molar-refractivity contribution in [3.05, 3.63) is 32.2 Å². The fourth-order valence-electron chi connectivity index (χ4n) is 0.951. The van der Waals surface area contributed by atoms with Crippen molar-refractivity contribution in [2.75, 3.05) is 0 Å². The minimum Gasteiger partial charge on any atom is -0.137 e. The highest BCUT2D eigenvalue weighted by Gasteiger charge is 2.06. The summed E-state index contributed by atoms with van der Waals surface area (Å²) in [7, 11) is 0. The van der Waals surface area contributed by atoms with E-state index in [1.807, 2.05) is 6.07 Å². The first-order valence-electron chi connectivity index (χ1n) is 3.61. The molecule has 0 N–H and O–H groups in total. The Kier molecular flexibility index (Phi) is 3.07. The molecule has 0 bridgehead atoms. The Morgan fingerprint density at radius 1 is 1.14 bits per heavy atom. The van der Waals surface area contributed by atoms with Crippen molar-refractivity contribution in [2.45, 2.75) is 0 Å². The van der Waals surface area contributed by atoms with Crippen LogP contribution in [0.5, 0.6) is 0 Å². The summed E-state index contributed by atoms with van der Waals surface area (Å²) in [4.78, 5) is 0. The van der Waals surface area contributed by atoms with E-state index in [0.717, 1.165) is 14.5 Å². The third kappa shape index (κ3) is 2.08. The molecular weight excluding hydrogens is 307 g/mol. The third-order valence-electron chi connectivity index (χ3n) is 1.57. The smallest absolute Gasteiger partial charge is 0.137 e. The first-order chi connectivity index (χ1) is 6.66. The fraction of sp³-hybridized carbons (Fsp3) is 0. The molecule has 0 saturated heterocycles. The largest absolute Gasteiger partial charge is 0.183 e. The highest BCUT2D eigenvalue weighted by atomic mass is 79.9. The molecule has 0 saturated carbocycles. The lowest BCUT2D eigenvalue weighted by Gasteiger charge is -1.97. The number of nitrogens with zero attached hydrogens (tertiary/aromatic N) is 2. The molecule has 0 aliphatic carbocycles. The summed E-state index contributed by atoms with van der Waals surface area (Å²) < 4.78 is 0.749. The first kappa shape index (κ1) is 10.4. The maximum absolute atomic E-state index is 5.88. The lowest BCUT2D eigenvalue weighted by molar-refractivity contribution is 1.08. The van der Waals surface area contributed by atoms with E-state index >= 15 is 0 Å². The predicted molar refractivity (Wildman–Crippen MR) is 63.1 cm³/mol. The molecule has 1 aromatic heterocycles. The molecule has 2 nitrogen and oxygen atoms in total. The third-order valence-corrected chi connectivity index (χ3v) is 3.71. The molecule has 1 heterocycles. The van der Waals surface area contributed by atoms with E-state index in [1.165, 1.54) is 11.3 Å². The van der Waals surface area contributed by atoms with Gasteiger partial charge < -0.3 is 0 Å². The van der Waals surface area contributed by atoms with Crippen LogP contribution in [0, 0.1) is 0 Å². The number of aromatic nitrogens is 2. The Bertz CT molecular complexity index is 472. The van der Waals surface area contributed by atoms with Gasteiger partial charge in [0.15, 0.2) is 3.92 Å². The summed E-state index contributed by atoms with van der Waals surface area (Å²) in [5.74, 6) is 0. The van der Waals surface area contributed by atoms with E-state index in [9.17, 15) is 0 Å². The highest BCUT2D eigenvalue weighted by Crippen LogP contribution is 2.31. The zero-order chi connectivity index (χ0) is 10.1. The maximum Gasteiger partial charge on any atom is 0.183 e. The molecule has 1 aromatic carbocycles. The summed E-state index contributed by atoms with van der Waals surface area (Å²) >= 11 is 16.4. The van der Waals surface area contributed by atoms with E-state index in [2.05, 4.69) is 26.1 Å². The molecular formula is C8H3BrCl2N2S. The summed E-state index contributed by atoms with van der Waals surface area (Å²) in [5.41, 5.74) is 0.919. The van der Waals surface area contributed by atoms with Gasteiger partial charge in [0.1, 0.15) is 5.01 Å². The van der Waals surface area contributed by atoms with Crippen molar-refractivity contribution in [2.24, 2.45) is 0 Å². The van der Waals surface area contributed by atoms with Gasteiger partial charge in [-0.2, -0.15) is 0 Å². The van der Waals surface area contributed by atoms with E-state index < -0.39 is 0 Å². The molecule has 2 rings (SSSR count). The van der Waals surface area contributed by atoms with Crippen molar-refractivity contribution in [3.8, 4) is 10.6 Å². The molecule has 6 heteroatoms. The molecule has 0 amide bonds. The number of rotatable bonds is 1. The highest BCUT2D eigenvalue weighted by molar-refractivity contribution is 9.11. The van der Waals surface area contributed by atoms with Gasteiger partial charge in [-0.3, -0.25) is 0 Å². The van der Waals surface area contributed by atoms with Gasteiger partial charge in [0.25, 0.3) is 0 Å². The average Bonchev–Trinajstić information content (AvgIpc) is 2.57. The quantitative estimate of drug-likeness (QED) is 0.786. The monoisotopic (exact) mass is 308 g/mol. The van der Waals surface area contributed by atoms with Gasteiger partial charge in [-0.05, 0) is 28.1 Å². The van der Waals surface area contributed by atoms with Crippen LogP contribution in [0.25, 0.3) is 10.6 Å². The zero-order valence-corrected chi connectivity index (χ0v) is 10.6. The average molecular weight is 310 g/mol. The van der Waals surface area contributed by atoms with E-state index in [0.29, 0.717) is 10.0 Å². The van der Waals surface area contributed by atoms with Crippen LogP contribution in [-0.4, -0.2) is 10.2 Å².